The van der Waals surface area contributed by atoms with E-state index < -0.39 is 11.6 Å². The summed E-state index contributed by atoms with van der Waals surface area (Å²) < 4.78 is 25.9. The summed E-state index contributed by atoms with van der Waals surface area (Å²) in [6.07, 6.45) is 4.21. The Morgan fingerprint density at radius 3 is 2.50 bits per heavy atom. The second-order valence-electron chi connectivity index (χ2n) is 4.32. The van der Waals surface area contributed by atoms with E-state index in [0.717, 1.165) is 25.1 Å². The predicted octanol–water partition coefficient (Wildman–Crippen LogP) is 3.19. The lowest BCUT2D eigenvalue weighted by atomic mass is 10.2. The molecule has 20 heavy (non-hydrogen) atoms. The molecule has 0 saturated heterocycles. The predicted molar refractivity (Wildman–Crippen MR) is 74.5 cm³/mol. The molecule has 6 heteroatoms. The summed E-state index contributed by atoms with van der Waals surface area (Å²) >= 11 is 0. The van der Waals surface area contributed by atoms with Gasteiger partial charge in [-0.2, -0.15) is 0 Å². The summed E-state index contributed by atoms with van der Waals surface area (Å²) in [5.74, 6) is -0.439. The van der Waals surface area contributed by atoms with Crippen LogP contribution in [0.4, 0.5) is 20.4 Å². The number of benzene rings is 1. The molecular weight excluding hydrogens is 262 g/mol. The highest BCUT2D eigenvalue weighted by Crippen LogP contribution is 2.11. The molecule has 4 nitrogen and oxygen atoms in total. The number of hydrogen-bond donors (Lipinski definition) is 2. The Hall–Kier alpha value is -2.24. The van der Waals surface area contributed by atoms with E-state index >= 15 is 0 Å². The van der Waals surface area contributed by atoms with E-state index in [-0.39, 0.29) is 0 Å². The molecule has 0 aliphatic rings. The van der Waals surface area contributed by atoms with Crippen molar-refractivity contribution in [1.29, 1.82) is 0 Å². The average molecular weight is 278 g/mol. The Balaban J connectivity index is 1.97. The van der Waals surface area contributed by atoms with Crippen LogP contribution < -0.4 is 10.6 Å². The van der Waals surface area contributed by atoms with Gasteiger partial charge in [-0.3, -0.25) is 4.98 Å². The minimum atomic E-state index is -0.853. The molecule has 0 spiro atoms. The number of rotatable bonds is 6. The molecule has 0 atom stereocenters. The fraction of sp³-hybridized carbons (Fsp3) is 0.286. The quantitative estimate of drug-likeness (QED) is 0.852. The average Bonchev–Trinajstić information content (AvgIpc) is 2.47. The third-order valence-corrected chi connectivity index (χ3v) is 2.65. The molecule has 0 bridgehead atoms. The summed E-state index contributed by atoms with van der Waals surface area (Å²) in [7, 11) is 0. The van der Waals surface area contributed by atoms with Crippen molar-refractivity contribution in [2.24, 2.45) is 0 Å². The summed E-state index contributed by atoms with van der Waals surface area (Å²) in [5.41, 5.74) is 0.637. The van der Waals surface area contributed by atoms with E-state index in [1.54, 1.807) is 12.4 Å². The molecule has 106 valence electrons. The first-order chi connectivity index (χ1) is 9.69. The van der Waals surface area contributed by atoms with Gasteiger partial charge in [-0.25, -0.2) is 13.8 Å². The van der Waals surface area contributed by atoms with Crippen LogP contribution >= 0.6 is 0 Å². The maximum absolute atomic E-state index is 13.1. The Morgan fingerprint density at radius 1 is 1.05 bits per heavy atom. The topological polar surface area (TPSA) is 49.8 Å². The zero-order valence-electron chi connectivity index (χ0n) is 11.2. The van der Waals surface area contributed by atoms with E-state index in [1.807, 2.05) is 0 Å². The van der Waals surface area contributed by atoms with E-state index in [4.69, 9.17) is 0 Å². The van der Waals surface area contributed by atoms with Gasteiger partial charge in [0, 0.05) is 13.1 Å². The van der Waals surface area contributed by atoms with E-state index in [9.17, 15) is 8.78 Å². The summed E-state index contributed by atoms with van der Waals surface area (Å²) in [5, 5.41) is 6.15. The maximum Gasteiger partial charge on any atom is 0.159 e. The van der Waals surface area contributed by atoms with Gasteiger partial charge in [0.2, 0.25) is 0 Å². The lowest BCUT2D eigenvalue weighted by molar-refractivity contribution is 0.507. The van der Waals surface area contributed by atoms with Crippen molar-refractivity contribution in [1.82, 2.24) is 9.97 Å². The lowest BCUT2D eigenvalue weighted by Gasteiger charge is -2.08. The molecule has 0 saturated carbocycles. The van der Waals surface area contributed by atoms with Crippen molar-refractivity contribution in [3.05, 3.63) is 47.8 Å². The Labute approximate surface area is 116 Å². The number of aromatic nitrogens is 2. The van der Waals surface area contributed by atoms with Crippen LogP contribution in [0.25, 0.3) is 0 Å². The van der Waals surface area contributed by atoms with Gasteiger partial charge in [0.25, 0.3) is 0 Å². The molecule has 0 amide bonds. The Morgan fingerprint density at radius 2 is 1.80 bits per heavy atom. The number of hydrogen-bond acceptors (Lipinski definition) is 4. The van der Waals surface area contributed by atoms with E-state index in [2.05, 4.69) is 27.5 Å². The zero-order valence-corrected chi connectivity index (χ0v) is 11.2. The van der Waals surface area contributed by atoms with Crippen molar-refractivity contribution < 1.29 is 8.78 Å². The van der Waals surface area contributed by atoms with Gasteiger partial charge in [-0.15, -0.1) is 0 Å². The monoisotopic (exact) mass is 278 g/mol. The van der Waals surface area contributed by atoms with E-state index in [0.29, 0.717) is 23.7 Å². The molecule has 0 radical (unpaired) electrons. The van der Waals surface area contributed by atoms with Crippen LogP contribution in [0.2, 0.25) is 0 Å². The molecule has 1 heterocycles. The van der Waals surface area contributed by atoms with Crippen LogP contribution in [0.15, 0.2) is 30.6 Å². The first-order valence-corrected chi connectivity index (χ1v) is 6.42. The van der Waals surface area contributed by atoms with Crippen LogP contribution in [0.3, 0.4) is 0 Å². The number of anilines is 2. The highest BCUT2D eigenvalue weighted by Gasteiger charge is 2.03. The second kappa shape index (κ2) is 6.79. The standard InChI is InChI=1S/C14H16F2N4/c1-2-5-18-13-8-17-9-14(20-13)19-7-10-3-4-11(15)12(16)6-10/h3-4,6,8-9H,2,5,7H2,1H3,(H2,18,19,20). The fourth-order valence-electron chi connectivity index (χ4n) is 1.63. The highest BCUT2D eigenvalue weighted by atomic mass is 19.2. The molecule has 1 aromatic carbocycles. The molecule has 2 N–H and O–H groups in total. The van der Waals surface area contributed by atoms with Crippen LogP contribution in [0.5, 0.6) is 0 Å². The normalized spacial score (nSPS) is 10.3. The van der Waals surface area contributed by atoms with Crippen LogP contribution in [-0.4, -0.2) is 16.5 Å². The number of halogens is 2. The molecule has 2 rings (SSSR count). The largest absolute Gasteiger partial charge is 0.369 e. The second-order valence-corrected chi connectivity index (χ2v) is 4.32. The van der Waals surface area contributed by atoms with Gasteiger partial charge in [0.1, 0.15) is 11.6 Å². The van der Waals surface area contributed by atoms with Crippen molar-refractivity contribution in [3.63, 3.8) is 0 Å². The molecule has 0 unspecified atom stereocenters. The molecule has 0 aliphatic heterocycles. The molecule has 1 aromatic heterocycles. The van der Waals surface area contributed by atoms with Crippen LogP contribution in [-0.2, 0) is 6.54 Å². The fourth-order valence-corrected chi connectivity index (χ4v) is 1.63. The zero-order chi connectivity index (χ0) is 14.4. The van der Waals surface area contributed by atoms with Crippen molar-refractivity contribution in [3.8, 4) is 0 Å². The third-order valence-electron chi connectivity index (χ3n) is 2.65. The summed E-state index contributed by atoms with van der Waals surface area (Å²) in [6.45, 7) is 3.23. The van der Waals surface area contributed by atoms with Gasteiger partial charge in [-0.05, 0) is 24.1 Å². The Bertz CT molecular complexity index is 575. The molecule has 0 aliphatic carbocycles. The Kier molecular flexibility index (Phi) is 4.81. The van der Waals surface area contributed by atoms with Crippen molar-refractivity contribution in [2.45, 2.75) is 19.9 Å². The highest BCUT2D eigenvalue weighted by molar-refractivity contribution is 5.42. The first kappa shape index (κ1) is 14.2. The van der Waals surface area contributed by atoms with Gasteiger partial charge >= 0.3 is 0 Å². The minimum Gasteiger partial charge on any atom is -0.369 e. The van der Waals surface area contributed by atoms with Crippen molar-refractivity contribution >= 4 is 11.6 Å². The molecule has 0 fully saturated rings. The summed E-state index contributed by atoms with van der Waals surface area (Å²) in [4.78, 5) is 8.37. The van der Waals surface area contributed by atoms with Crippen molar-refractivity contribution in [2.75, 3.05) is 17.2 Å². The van der Waals surface area contributed by atoms with Crippen LogP contribution in [0, 0.1) is 11.6 Å². The molecule has 2 aromatic rings. The SMILES string of the molecule is CCCNc1cncc(NCc2ccc(F)c(F)c2)n1. The first-order valence-electron chi connectivity index (χ1n) is 6.42. The number of nitrogens with one attached hydrogen (secondary N) is 2. The maximum atomic E-state index is 13.1. The van der Waals surface area contributed by atoms with Gasteiger partial charge in [-0.1, -0.05) is 13.0 Å². The van der Waals surface area contributed by atoms with Gasteiger partial charge in [0.05, 0.1) is 12.4 Å². The van der Waals surface area contributed by atoms with Gasteiger partial charge < -0.3 is 10.6 Å². The smallest absolute Gasteiger partial charge is 0.159 e. The van der Waals surface area contributed by atoms with E-state index in [1.165, 1.54) is 6.07 Å². The number of nitrogens with zero attached hydrogens (tertiary/aromatic N) is 2. The lowest BCUT2D eigenvalue weighted by Crippen LogP contribution is -2.06. The van der Waals surface area contributed by atoms with Crippen LogP contribution in [0.1, 0.15) is 18.9 Å². The third kappa shape index (κ3) is 3.88. The molecular formula is C14H16F2N4. The van der Waals surface area contributed by atoms with Gasteiger partial charge in [0.15, 0.2) is 11.6 Å². The summed E-state index contributed by atoms with van der Waals surface area (Å²) in [6, 6.07) is 3.80. The minimum absolute atomic E-state index is 0.350.